The van der Waals surface area contributed by atoms with Crippen molar-refractivity contribution in [3.05, 3.63) is 0 Å². The molecule has 1 rings (SSSR count). The second-order valence-electron chi connectivity index (χ2n) is 4.51. The summed E-state index contributed by atoms with van der Waals surface area (Å²) in [5, 5.41) is 2.61. The molecule has 4 nitrogen and oxygen atoms in total. The van der Waals surface area contributed by atoms with E-state index in [9.17, 15) is 9.59 Å². The Hall–Kier alpha value is -0.710. The van der Waals surface area contributed by atoms with E-state index in [4.69, 9.17) is 0 Å². The molecule has 2 amide bonds. The van der Waals surface area contributed by atoms with Gasteiger partial charge in [-0.1, -0.05) is 13.8 Å². The third-order valence-electron chi connectivity index (χ3n) is 3.76. The molecule has 1 fully saturated rings. The molecule has 98 valence electrons. The van der Waals surface area contributed by atoms with Gasteiger partial charge < -0.3 is 10.2 Å². The number of thioether (sulfide) groups is 1. The van der Waals surface area contributed by atoms with Crippen molar-refractivity contribution in [3.8, 4) is 0 Å². The van der Waals surface area contributed by atoms with Crippen LogP contribution in [-0.4, -0.2) is 46.8 Å². The Bertz CT molecular complexity index is 295. The SMILES string of the molecule is CCC(CC)(CN1C(=O)CNC(=O)C1C)SC. The topological polar surface area (TPSA) is 49.4 Å². The Morgan fingerprint density at radius 3 is 2.47 bits per heavy atom. The maximum Gasteiger partial charge on any atom is 0.242 e. The second kappa shape index (κ2) is 5.76. The number of nitrogens with zero attached hydrogens (tertiary/aromatic N) is 1. The Kier molecular flexibility index (Phi) is 4.86. The quantitative estimate of drug-likeness (QED) is 0.807. The van der Waals surface area contributed by atoms with Crippen molar-refractivity contribution in [2.45, 2.75) is 44.4 Å². The minimum absolute atomic E-state index is 0.0254. The molecular formula is C12H22N2O2S. The highest BCUT2D eigenvalue weighted by molar-refractivity contribution is 8.00. The number of piperazine rings is 1. The zero-order valence-corrected chi connectivity index (χ0v) is 11.9. The van der Waals surface area contributed by atoms with Crippen LogP contribution in [-0.2, 0) is 9.59 Å². The molecule has 0 spiro atoms. The maximum absolute atomic E-state index is 11.9. The van der Waals surface area contributed by atoms with Crippen LogP contribution in [0.25, 0.3) is 0 Å². The largest absolute Gasteiger partial charge is 0.345 e. The van der Waals surface area contributed by atoms with Crippen LogP contribution < -0.4 is 5.32 Å². The molecule has 0 bridgehead atoms. The van der Waals surface area contributed by atoms with Gasteiger partial charge in [-0.25, -0.2) is 0 Å². The second-order valence-corrected chi connectivity index (χ2v) is 5.78. The lowest BCUT2D eigenvalue weighted by Gasteiger charge is -2.40. The van der Waals surface area contributed by atoms with Crippen LogP contribution in [0.1, 0.15) is 33.6 Å². The highest BCUT2D eigenvalue weighted by Crippen LogP contribution is 2.32. The summed E-state index contributed by atoms with van der Waals surface area (Å²) < 4.78 is 0.0710. The first-order valence-electron chi connectivity index (χ1n) is 6.12. The van der Waals surface area contributed by atoms with E-state index in [2.05, 4.69) is 25.4 Å². The predicted octanol–water partition coefficient (Wildman–Crippen LogP) is 1.26. The lowest BCUT2D eigenvalue weighted by molar-refractivity contribution is -0.145. The Labute approximate surface area is 108 Å². The first-order valence-corrected chi connectivity index (χ1v) is 7.34. The molecule has 0 saturated carbocycles. The molecular weight excluding hydrogens is 236 g/mol. The fourth-order valence-electron chi connectivity index (χ4n) is 2.13. The number of carbonyl (C=O) groups excluding carboxylic acids is 2. The molecule has 0 aromatic heterocycles. The normalized spacial score (nSPS) is 21.6. The average Bonchev–Trinajstić information content (AvgIpc) is 2.36. The van der Waals surface area contributed by atoms with Crippen molar-refractivity contribution >= 4 is 23.6 Å². The predicted molar refractivity (Wildman–Crippen MR) is 71.0 cm³/mol. The van der Waals surface area contributed by atoms with Crippen LogP contribution in [0.5, 0.6) is 0 Å². The van der Waals surface area contributed by atoms with Crippen molar-refractivity contribution < 1.29 is 9.59 Å². The molecule has 1 aliphatic rings. The number of rotatable bonds is 5. The van der Waals surface area contributed by atoms with E-state index in [0.717, 1.165) is 12.8 Å². The van der Waals surface area contributed by atoms with Gasteiger partial charge in [0, 0.05) is 11.3 Å². The Morgan fingerprint density at radius 2 is 2.00 bits per heavy atom. The van der Waals surface area contributed by atoms with Gasteiger partial charge in [-0.3, -0.25) is 9.59 Å². The monoisotopic (exact) mass is 258 g/mol. The summed E-state index contributed by atoms with van der Waals surface area (Å²) in [6.45, 7) is 6.87. The summed E-state index contributed by atoms with van der Waals surface area (Å²) in [5.74, 6) is -0.0239. The summed E-state index contributed by atoms with van der Waals surface area (Å²) in [6.07, 6.45) is 4.08. The van der Waals surface area contributed by atoms with Gasteiger partial charge in [-0.2, -0.15) is 11.8 Å². The molecule has 5 heteroatoms. The van der Waals surface area contributed by atoms with Gasteiger partial charge in [0.25, 0.3) is 0 Å². The lowest BCUT2D eigenvalue weighted by atomic mass is 10.00. The van der Waals surface area contributed by atoms with E-state index >= 15 is 0 Å². The number of carbonyl (C=O) groups is 2. The van der Waals surface area contributed by atoms with Crippen molar-refractivity contribution in [3.63, 3.8) is 0 Å². The number of hydrogen-bond acceptors (Lipinski definition) is 3. The van der Waals surface area contributed by atoms with Crippen LogP contribution >= 0.6 is 11.8 Å². The molecule has 1 heterocycles. The highest BCUT2D eigenvalue weighted by atomic mass is 32.2. The van der Waals surface area contributed by atoms with E-state index < -0.39 is 0 Å². The first kappa shape index (κ1) is 14.4. The van der Waals surface area contributed by atoms with Crippen molar-refractivity contribution in [2.75, 3.05) is 19.3 Å². The molecule has 0 radical (unpaired) electrons. The van der Waals surface area contributed by atoms with Gasteiger partial charge in [0.2, 0.25) is 11.8 Å². The van der Waals surface area contributed by atoms with Gasteiger partial charge in [-0.05, 0) is 26.0 Å². The van der Waals surface area contributed by atoms with Crippen LogP contribution in [0, 0.1) is 0 Å². The van der Waals surface area contributed by atoms with Crippen molar-refractivity contribution in [2.24, 2.45) is 0 Å². The first-order chi connectivity index (χ1) is 7.99. The standard InChI is InChI=1S/C12H22N2O2S/c1-5-12(6-2,17-4)8-14-9(3)11(16)13-7-10(14)15/h9H,5-8H2,1-4H3,(H,13,16). The summed E-state index contributed by atoms with van der Waals surface area (Å²) in [4.78, 5) is 25.2. The summed E-state index contributed by atoms with van der Waals surface area (Å²) in [6, 6.07) is -0.346. The van der Waals surface area contributed by atoms with E-state index in [-0.39, 0.29) is 29.1 Å². The molecule has 0 aromatic carbocycles. The van der Waals surface area contributed by atoms with Crippen molar-refractivity contribution in [1.29, 1.82) is 0 Å². The van der Waals surface area contributed by atoms with Crippen LogP contribution in [0.4, 0.5) is 0 Å². The third kappa shape index (κ3) is 2.94. The van der Waals surface area contributed by atoms with Gasteiger partial charge in [-0.15, -0.1) is 0 Å². The molecule has 1 N–H and O–H groups in total. The molecule has 0 aliphatic carbocycles. The summed E-state index contributed by atoms with van der Waals surface area (Å²) in [5.41, 5.74) is 0. The van der Waals surface area contributed by atoms with Gasteiger partial charge in [0.15, 0.2) is 0 Å². The number of hydrogen-bond donors (Lipinski definition) is 1. The number of nitrogens with one attached hydrogen (secondary N) is 1. The average molecular weight is 258 g/mol. The smallest absolute Gasteiger partial charge is 0.242 e. The zero-order valence-electron chi connectivity index (χ0n) is 11.1. The molecule has 1 atom stereocenters. The number of amides is 2. The summed E-state index contributed by atoms with van der Waals surface area (Å²) in [7, 11) is 0. The summed E-state index contributed by atoms with van der Waals surface area (Å²) >= 11 is 1.79. The Morgan fingerprint density at radius 1 is 1.41 bits per heavy atom. The van der Waals surface area contributed by atoms with Crippen LogP contribution in [0.3, 0.4) is 0 Å². The van der Waals surface area contributed by atoms with Crippen LogP contribution in [0.15, 0.2) is 0 Å². The molecule has 0 aromatic rings. The fraction of sp³-hybridized carbons (Fsp3) is 0.833. The minimum atomic E-state index is -0.346. The Balaban J connectivity index is 2.83. The van der Waals surface area contributed by atoms with E-state index in [1.165, 1.54) is 0 Å². The van der Waals surface area contributed by atoms with Crippen LogP contribution in [0.2, 0.25) is 0 Å². The van der Waals surface area contributed by atoms with E-state index in [0.29, 0.717) is 6.54 Å². The molecule has 1 unspecified atom stereocenters. The van der Waals surface area contributed by atoms with Crippen molar-refractivity contribution in [1.82, 2.24) is 10.2 Å². The van der Waals surface area contributed by atoms with Gasteiger partial charge in [0.05, 0.1) is 6.54 Å². The van der Waals surface area contributed by atoms with E-state index in [1.54, 1.807) is 23.6 Å². The third-order valence-corrected chi connectivity index (χ3v) is 5.33. The molecule has 1 saturated heterocycles. The molecule has 17 heavy (non-hydrogen) atoms. The fourth-order valence-corrected chi connectivity index (χ4v) is 2.98. The van der Waals surface area contributed by atoms with Gasteiger partial charge in [0.1, 0.15) is 6.04 Å². The highest BCUT2D eigenvalue weighted by Gasteiger charge is 2.36. The minimum Gasteiger partial charge on any atom is -0.345 e. The van der Waals surface area contributed by atoms with Gasteiger partial charge >= 0.3 is 0 Å². The lowest BCUT2D eigenvalue weighted by Crippen LogP contribution is -2.60. The van der Waals surface area contributed by atoms with E-state index in [1.807, 2.05) is 0 Å². The molecule has 1 aliphatic heterocycles. The zero-order chi connectivity index (χ0) is 13.1. The maximum atomic E-state index is 11.9.